The second kappa shape index (κ2) is 29.2. The molecule has 4 amide bonds. The second-order valence-electron chi connectivity index (χ2n) is 15.1. The summed E-state index contributed by atoms with van der Waals surface area (Å²) in [7, 11) is 0. The van der Waals surface area contributed by atoms with E-state index in [1.807, 2.05) is 19.1 Å². The molecule has 14 heteroatoms. The SMILES string of the molecule is CCCCCCCCCCCCCCCCCCOc1c(C(=O)[O-])cc(C(=O)C(C(=O)Nc2ccccc2)N2C(=O)NC(Cc3ccc(C)cc3)C2=O)cc1C(=O)[O-].[K+].[K+]. The van der Waals surface area contributed by atoms with Crippen LogP contribution in [0.4, 0.5) is 10.5 Å². The Kier molecular flexibility index (Phi) is 26.2. The van der Waals surface area contributed by atoms with Gasteiger partial charge in [0.15, 0.2) is 11.8 Å². The van der Waals surface area contributed by atoms with E-state index in [2.05, 4.69) is 17.6 Å². The first-order valence-corrected chi connectivity index (χ1v) is 20.8. The Morgan fingerprint density at radius 3 is 1.68 bits per heavy atom. The molecule has 60 heavy (non-hydrogen) atoms. The number of nitrogens with one attached hydrogen (secondary N) is 2. The van der Waals surface area contributed by atoms with E-state index in [1.165, 1.54) is 82.8 Å². The maximum atomic E-state index is 14.2. The van der Waals surface area contributed by atoms with Gasteiger partial charge in [-0.25, -0.2) is 9.69 Å². The van der Waals surface area contributed by atoms with Crippen molar-refractivity contribution in [1.29, 1.82) is 0 Å². The topological polar surface area (TPSA) is 185 Å². The number of anilines is 1. The molecule has 0 aliphatic carbocycles. The van der Waals surface area contributed by atoms with E-state index in [-0.39, 0.29) is 121 Å². The van der Waals surface area contributed by atoms with E-state index in [0.29, 0.717) is 11.3 Å². The Morgan fingerprint density at radius 2 is 1.20 bits per heavy atom. The summed E-state index contributed by atoms with van der Waals surface area (Å²) >= 11 is 0. The maximum absolute atomic E-state index is 14.2. The van der Waals surface area contributed by atoms with Gasteiger partial charge in [0.05, 0.1) is 18.5 Å². The molecule has 3 aromatic rings. The average molecular weight is 874 g/mol. The van der Waals surface area contributed by atoms with Gasteiger partial charge in [0.25, 0.3) is 11.8 Å². The molecule has 0 aromatic heterocycles. The summed E-state index contributed by atoms with van der Waals surface area (Å²) in [4.78, 5) is 80.4. The Morgan fingerprint density at radius 1 is 0.717 bits per heavy atom. The number of hydrogen-bond donors (Lipinski definition) is 2. The fraction of sp³-hybridized carbons (Fsp3) is 0.478. The van der Waals surface area contributed by atoms with E-state index >= 15 is 0 Å². The van der Waals surface area contributed by atoms with Gasteiger partial charge in [-0.1, -0.05) is 151 Å². The van der Waals surface area contributed by atoms with Gasteiger partial charge < -0.3 is 35.2 Å². The minimum Gasteiger partial charge on any atom is -0.545 e. The van der Waals surface area contributed by atoms with Gasteiger partial charge in [-0.05, 0) is 43.2 Å². The minimum absolute atomic E-state index is 0. The van der Waals surface area contributed by atoms with E-state index < -0.39 is 70.1 Å². The fourth-order valence-electron chi connectivity index (χ4n) is 7.19. The van der Waals surface area contributed by atoms with Crippen LogP contribution in [0, 0.1) is 6.92 Å². The molecule has 1 aliphatic rings. The number of hydrogen-bond acceptors (Lipinski definition) is 9. The molecule has 1 saturated heterocycles. The van der Waals surface area contributed by atoms with Gasteiger partial charge in [-0.3, -0.25) is 14.4 Å². The molecule has 2 atom stereocenters. The zero-order chi connectivity index (χ0) is 41.9. The van der Waals surface area contributed by atoms with Gasteiger partial charge in [0.2, 0.25) is 0 Å². The van der Waals surface area contributed by atoms with Crippen LogP contribution in [0.5, 0.6) is 5.75 Å². The van der Waals surface area contributed by atoms with Crippen LogP contribution in [0.3, 0.4) is 0 Å². The summed E-state index contributed by atoms with van der Waals surface area (Å²) in [6.07, 6.45) is 18.7. The summed E-state index contributed by atoms with van der Waals surface area (Å²) in [6, 6.07) is 12.6. The third-order valence-electron chi connectivity index (χ3n) is 10.5. The third-order valence-corrected chi connectivity index (χ3v) is 10.5. The monoisotopic (exact) mass is 873 g/mol. The number of urea groups is 1. The Labute approximate surface area is 439 Å². The van der Waals surface area contributed by atoms with Gasteiger partial charge in [-0.15, -0.1) is 0 Å². The molecular formula is C46H57K2N3O9. The van der Waals surface area contributed by atoms with Crippen molar-refractivity contribution < 1.29 is 146 Å². The number of amides is 4. The number of carboxylic acids is 2. The number of nitrogens with zero attached hydrogens (tertiary/aromatic N) is 1. The largest absolute Gasteiger partial charge is 1.00 e. The summed E-state index contributed by atoms with van der Waals surface area (Å²) in [5, 5.41) is 29.8. The van der Waals surface area contributed by atoms with Crippen molar-refractivity contribution in [1.82, 2.24) is 10.2 Å². The maximum Gasteiger partial charge on any atom is 1.00 e. The van der Waals surface area contributed by atoms with Crippen molar-refractivity contribution in [2.75, 3.05) is 11.9 Å². The summed E-state index contributed by atoms with van der Waals surface area (Å²) < 4.78 is 5.68. The zero-order valence-electron chi connectivity index (χ0n) is 35.9. The predicted molar refractivity (Wildman–Crippen MR) is 217 cm³/mol. The number of aromatic carboxylic acids is 2. The number of ketones is 1. The van der Waals surface area contributed by atoms with Crippen LogP contribution in [-0.2, 0) is 16.0 Å². The first-order valence-electron chi connectivity index (χ1n) is 20.8. The van der Waals surface area contributed by atoms with Gasteiger partial charge in [0.1, 0.15) is 11.8 Å². The fourth-order valence-corrected chi connectivity index (χ4v) is 7.19. The van der Waals surface area contributed by atoms with Crippen LogP contribution in [-0.4, -0.2) is 59.2 Å². The van der Waals surface area contributed by atoms with Gasteiger partial charge >= 0.3 is 109 Å². The molecule has 4 rings (SSSR count). The summed E-state index contributed by atoms with van der Waals surface area (Å²) in [5.41, 5.74) is -0.133. The predicted octanol–water partition coefficient (Wildman–Crippen LogP) is 0.723. The van der Waals surface area contributed by atoms with Crippen LogP contribution in [0.2, 0.25) is 0 Å². The molecule has 1 fully saturated rings. The minimum atomic E-state index is -2.14. The van der Waals surface area contributed by atoms with E-state index in [1.54, 1.807) is 30.3 Å². The smallest absolute Gasteiger partial charge is 0.545 e. The normalized spacial score (nSPS) is 13.8. The Hall–Kier alpha value is -2.25. The molecular weight excluding hydrogens is 817 g/mol. The summed E-state index contributed by atoms with van der Waals surface area (Å²) in [6.45, 7) is 4.13. The first-order chi connectivity index (χ1) is 28.0. The molecule has 0 spiro atoms. The number of rotatable bonds is 27. The van der Waals surface area contributed by atoms with Crippen LogP contribution in [0.1, 0.15) is 152 Å². The molecule has 2 unspecified atom stereocenters. The number of benzene rings is 3. The molecule has 3 aromatic carbocycles. The Bertz CT molecular complexity index is 1820. The van der Waals surface area contributed by atoms with Crippen molar-refractivity contribution in [3.05, 3.63) is 94.5 Å². The molecule has 312 valence electrons. The van der Waals surface area contributed by atoms with Crippen molar-refractivity contribution >= 4 is 41.3 Å². The van der Waals surface area contributed by atoms with Crippen LogP contribution in [0.15, 0.2) is 66.7 Å². The van der Waals surface area contributed by atoms with Crippen molar-refractivity contribution in [3.63, 3.8) is 0 Å². The van der Waals surface area contributed by atoms with Crippen LogP contribution < -0.4 is 128 Å². The third kappa shape index (κ3) is 17.1. The summed E-state index contributed by atoms with van der Waals surface area (Å²) in [5.74, 6) is -7.37. The number of aryl methyl sites for hydroxylation is 1. The number of ether oxygens (including phenoxy) is 1. The number of para-hydroxylation sites is 1. The number of imide groups is 1. The number of Topliss-reactive ketones (excluding diaryl/α,β-unsaturated/α-hetero) is 1. The quantitative estimate of drug-likeness (QED) is 0.0367. The molecule has 0 bridgehead atoms. The second-order valence-corrected chi connectivity index (χ2v) is 15.1. The number of carbonyl (C=O) groups excluding carboxylic acids is 6. The van der Waals surface area contributed by atoms with E-state index in [4.69, 9.17) is 4.74 Å². The van der Waals surface area contributed by atoms with E-state index in [0.717, 1.165) is 48.9 Å². The van der Waals surface area contributed by atoms with Crippen molar-refractivity contribution in [2.45, 2.75) is 135 Å². The molecule has 2 N–H and O–H groups in total. The zero-order valence-corrected chi connectivity index (χ0v) is 42.1. The molecule has 12 nitrogen and oxygen atoms in total. The molecule has 0 saturated carbocycles. The molecule has 1 heterocycles. The number of unbranched alkanes of at least 4 members (excludes halogenated alkanes) is 15. The number of carbonyl (C=O) groups is 6. The average Bonchev–Trinajstić information content (AvgIpc) is 3.47. The number of carboxylic acid groups (broad SMARTS) is 2. The van der Waals surface area contributed by atoms with E-state index in [9.17, 15) is 39.0 Å². The van der Waals surface area contributed by atoms with Crippen LogP contribution >= 0.6 is 0 Å². The van der Waals surface area contributed by atoms with Gasteiger partial charge in [-0.2, -0.15) is 0 Å². The Balaban J connectivity index is 0.00000620. The molecule has 1 aliphatic heterocycles. The van der Waals surface area contributed by atoms with Crippen molar-refractivity contribution in [2.24, 2.45) is 0 Å². The first kappa shape index (κ1) is 53.9. The molecule has 0 radical (unpaired) electrons. The van der Waals surface area contributed by atoms with Gasteiger partial charge in [0, 0.05) is 28.8 Å². The van der Waals surface area contributed by atoms with Crippen LogP contribution in [0.25, 0.3) is 0 Å². The standard InChI is InChI=1S/C46H59N3O9.2K/c1-3-4-5-6-7-8-9-10-11-12-13-14-15-16-17-21-28-58-41-36(44(53)54)30-34(31-37(41)45(55)56)40(50)39(42(51)47-35-22-19-18-20-23-35)49-43(52)38(48-46(49)57)29-33-26-24-32(2)25-27-33;;/h18-20,22-27,30-31,38-39H,3-17,21,28-29H2,1-2H3,(H,47,51)(H,48,57)(H,53,54)(H,55,56);;/q;2*+1/p-2. The van der Waals surface area contributed by atoms with Crippen molar-refractivity contribution in [3.8, 4) is 5.75 Å².